The molecule has 7 heteroatoms. The predicted octanol–water partition coefficient (Wildman–Crippen LogP) is 6.42. The fourth-order valence-corrected chi connectivity index (χ4v) is 5.01. The molecule has 0 aliphatic carbocycles. The van der Waals surface area contributed by atoms with E-state index in [4.69, 9.17) is 11.6 Å². The molecule has 1 aromatic carbocycles. The van der Waals surface area contributed by atoms with Gasteiger partial charge in [-0.05, 0) is 65.7 Å². The molecule has 0 atom stereocenters. The Hall–Kier alpha value is -2.41. The molecule has 3 heterocycles. The molecule has 1 aliphatic rings. The standard InChI is InChI=1S/C25H28ClN3O2S/c1-25(2,3)23-13-16(6-9-27-23)17-12-22(32-15-17)20-5-4-18(14-21(20)26)28-24(31)29-10-7-19(30)8-11-29/h4-6,9,12-15,19,30H,7-8,10-11H2,1-3H3,(H,28,31). The van der Waals surface area contributed by atoms with Gasteiger partial charge in [-0.25, -0.2) is 4.79 Å². The smallest absolute Gasteiger partial charge is 0.321 e. The number of amides is 2. The molecule has 0 bridgehead atoms. The van der Waals surface area contributed by atoms with Gasteiger partial charge < -0.3 is 15.3 Å². The van der Waals surface area contributed by atoms with Gasteiger partial charge in [0.2, 0.25) is 0 Å². The van der Waals surface area contributed by atoms with Crippen LogP contribution in [0.3, 0.4) is 0 Å². The number of hydrogen-bond acceptors (Lipinski definition) is 4. The van der Waals surface area contributed by atoms with E-state index in [-0.39, 0.29) is 17.6 Å². The molecule has 4 rings (SSSR count). The number of carbonyl (C=O) groups is 1. The second-order valence-corrected chi connectivity index (χ2v) is 10.5. The lowest BCUT2D eigenvalue weighted by Crippen LogP contribution is -2.42. The summed E-state index contributed by atoms with van der Waals surface area (Å²) in [4.78, 5) is 19.8. The van der Waals surface area contributed by atoms with E-state index in [9.17, 15) is 9.90 Å². The lowest BCUT2D eigenvalue weighted by atomic mass is 9.90. The second kappa shape index (κ2) is 9.22. The molecular formula is C25H28ClN3O2S. The molecule has 5 nitrogen and oxygen atoms in total. The van der Waals surface area contributed by atoms with Gasteiger partial charge in [0.25, 0.3) is 0 Å². The number of carbonyl (C=O) groups excluding carboxylic acids is 1. The number of hydrogen-bond donors (Lipinski definition) is 2. The zero-order valence-electron chi connectivity index (χ0n) is 18.6. The number of urea groups is 1. The van der Waals surface area contributed by atoms with Crippen LogP contribution in [0.4, 0.5) is 10.5 Å². The summed E-state index contributed by atoms with van der Waals surface area (Å²) in [6.45, 7) is 7.60. The van der Waals surface area contributed by atoms with Crippen LogP contribution in [0.2, 0.25) is 5.02 Å². The van der Waals surface area contributed by atoms with Gasteiger partial charge in [0.05, 0.1) is 11.1 Å². The minimum Gasteiger partial charge on any atom is -0.393 e. The lowest BCUT2D eigenvalue weighted by molar-refractivity contribution is 0.0972. The van der Waals surface area contributed by atoms with E-state index < -0.39 is 0 Å². The Morgan fingerprint density at radius 1 is 1.16 bits per heavy atom. The molecule has 0 radical (unpaired) electrons. The maximum Gasteiger partial charge on any atom is 0.321 e. The van der Waals surface area contributed by atoms with E-state index in [0.717, 1.165) is 27.3 Å². The summed E-state index contributed by atoms with van der Waals surface area (Å²) in [5.74, 6) is 0. The molecule has 1 fully saturated rings. The van der Waals surface area contributed by atoms with Gasteiger partial charge in [-0.15, -0.1) is 11.3 Å². The second-order valence-electron chi connectivity index (χ2n) is 9.22. The van der Waals surface area contributed by atoms with Crippen molar-refractivity contribution in [3.05, 3.63) is 58.7 Å². The highest BCUT2D eigenvalue weighted by Crippen LogP contribution is 2.38. The van der Waals surface area contributed by atoms with Gasteiger partial charge >= 0.3 is 6.03 Å². The number of aliphatic hydroxyl groups excluding tert-OH is 1. The maximum atomic E-state index is 12.5. The van der Waals surface area contributed by atoms with Crippen LogP contribution in [0.1, 0.15) is 39.3 Å². The number of likely N-dealkylation sites (tertiary alicyclic amines) is 1. The van der Waals surface area contributed by atoms with Gasteiger partial charge in [0.15, 0.2) is 0 Å². The predicted molar refractivity (Wildman–Crippen MR) is 133 cm³/mol. The zero-order chi connectivity index (χ0) is 22.9. The van der Waals surface area contributed by atoms with Crippen molar-refractivity contribution in [3.63, 3.8) is 0 Å². The van der Waals surface area contributed by atoms with Crippen LogP contribution in [0.25, 0.3) is 21.6 Å². The molecule has 2 aromatic heterocycles. The minimum atomic E-state index is -0.310. The van der Waals surface area contributed by atoms with Crippen molar-refractivity contribution in [2.75, 3.05) is 18.4 Å². The summed E-state index contributed by atoms with van der Waals surface area (Å²) in [6, 6.07) is 11.8. The Morgan fingerprint density at radius 2 is 1.91 bits per heavy atom. The van der Waals surface area contributed by atoms with E-state index in [1.165, 1.54) is 0 Å². The van der Waals surface area contributed by atoms with Crippen LogP contribution >= 0.6 is 22.9 Å². The van der Waals surface area contributed by atoms with Crippen LogP contribution in [0, 0.1) is 0 Å². The number of anilines is 1. The molecule has 32 heavy (non-hydrogen) atoms. The van der Waals surface area contributed by atoms with Crippen molar-refractivity contribution < 1.29 is 9.90 Å². The first-order valence-electron chi connectivity index (χ1n) is 10.8. The van der Waals surface area contributed by atoms with E-state index in [2.05, 4.69) is 48.6 Å². The van der Waals surface area contributed by atoms with Crippen LogP contribution in [-0.2, 0) is 5.41 Å². The Labute approximate surface area is 198 Å². The monoisotopic (exact) mass is 469 g/mol. The number of rotatable bonds is 3. The third-order valence-electron chi connectivity index (χ3n) is 5.70. The minimum absolute atomic E-state index is 0.00750. The van der Waals surface area contributed by atoms with Gasteiger partial charge in [0, 0.05) is 46.5 Å². The Kier molecular flexibility index (Phi) is 6.56. The summed E-state index contributed by atoms with van der Waals surface area (Å²) in [7, 11) is 0. The highest BCUT2D eigenvalue weighted by atomic mass is 35.5. The molecular weight excluding hydrogens is 442 g/mol. The largest absolute Gasteiger partial charge is 0.393 e. The first-order chi connectivity index (χ1) is 15.2. The molecule has 1 saturated heterocycles. The SMILES string of the molecule is CC(C)(C)c1cc(-c2csc(-c3ccc(NC(=O)N4CCC(O)CC4)cc3Cl)c2)ccn1. The van der Waals surface area contributed by atoms with E-state index in [1.807, 2.05) is 24.4 Å². The fourth-order valence-electron chi connectivity index (χ4n) is 3.71. The van der Waals surface area contributed by atoms with Crippen molar-refractivity contribution in [1.82, 2.24) is 9.88 Å². The molecule has 168 valence electrons. The molecule has 0 spiro atoms. The quantitative estimate of drug-likeness (QED) is 0.465. The highest BCUT2D eigenvalue weighted by Gasteiger charge is 2.21. The number of nitrogens with zero attached hydrogens (tertiary/aromatic N) is 2. The average molecular weight is 470 g/mol. The highest BCUT2D eigenvalue weighted by molar-refractivity contribution is 7.14. The summed E-state index contributed by atoms with van der Waals surface area (Å²) < 4.78 is 0. The Morgan fingerprint density at radius 3 is 2.59 bits per heavy atom. The number of piperidine rings is 1. The van der Waals surface area contributed by atoms with Crippen LogP contribution in [0.15, 0.2) is 48.0 Å². The number of thiophene rings is 1. The molecule has 0 unspecified atom stereocenters. The lowest BCUT2D eigenvalue weighted by Gasteiger charge is -2.29. The third kappa shape index (κ3) is 5.14. The van der Waals surface area contributed by atoms with Crippen LogP contribution in [-0.4, -0.2) is 40.2 Å². The van der Waals surface area contributed by atoms with Crippen molar-refractivity contribution in [2.24, 2.45) is 0 Å². The van der Waals surface area contributed by atoms with Gasteiger partial charge in [-0.2, -0.15) is 0 Å². The van der Waals surface area contributed by atoms with Crippen molar-refractivity contribution in [2.45, 2.75) is 45.1 Å². The average Bonchev–Trinajstić information content (AvgIpc) is 3.24. The third-order valence-corrected chi connectivity index (χ3v) is 6.97. The number of pyridine rings is 1. The number of benzene rings is 1. The number of aromatic nitrogens is 1. The summed E-state index contributed by atoms with van der Waals surface area (Å²) in [6.07, 6.45) is 2.78. The first kappa shape index (κ1) is 22.8. The topological polar surface area (TPSA) is 65.5 Å². The number of nitrogens with one attached hydrogen (secondary N) is 1. The molecule has 1 aliphatic heterocycles. The molecule has 2 N–H and O–H groups in total. The van der Waals surface area contributed by atoms with E-state index >= 15 is 0 Å². The maximum absolute atomic E-state index is 12.5. The van der Waals surface area contributed by atoms with Crippen molar-refractivity contribution in [1.29, 1.82) is 0 Å². The van der Waals surface area contributed by atoms with E-state index in [0.29, 0.717) is 36.6 Å². The van der Waals surface area contributed by atoms with Crippen molar-refractivity contribution >= 4 is 34.7 Å². The zero-order valence-corrected chi connectivity index (χ0v) is 20.1. The molecule has 2 amide bonds. The van der Waals surface area contributed by atoms with Crippen LogP contribution < -0.4 is 5.32 Å². The van der Waals surface area contributed by atoms with E-state index in [1.54, 1.807) is 22.3 Å². The molecule has 0 saturated carbocycles. The number of aliphatic hydroxyl groups is 1. The van der Waals surface area contributed by atoms with Crippen LogP contribution in [0.5, 0.6) is 0 Å². The van der Waals surface area contributed by atoms with Crippen molar-refractivity contribution in [3.8, 4) is 21.6 Å². The van der Waals surface area contributed by atoms with Gasteiger partial charge in [-0.1, -0.05) is 32.4 Å². The van der Waals surface area contributed by atoms with Gasteiger partial charge in [0.1, 0.15) is 0 Å². The fraction of sp³-hybridized carbons (Fsp3) is 0.360. The normalized spacial score (nSPS) is 15.1. The summed E-state index contributed by atoms with van der Waals surface area (Å²) in [5.41, 5.74) is 4.93. The first-order valence-corrected chi connectivity index (χ1v) is 12.1. The summed E-state index contributed by atoms with van der Waals surface area (Å²) in [5, 5.41) is 15.3. The number of halogens is 1. The van der Waals surface area contributed by atoms with Gasteiger partial charge in [-0.3, -0.25) is 4.98 Å². The molecule has 3 aromatic rings. The Balaban J connectivity index is 1.50. The summed E-state index contributed by atoms with van der Waals surface area (Å²) >= 11 is 8.23. The Bertz CT molecular complexity index is 1110.